The molecule has 0 aliphatic carbocycles. The van der Waals surface area contributed by atoms with E-state index in [4.69, 9.17) is 15.5 Å². The molecule has 0 aliphatic rings. The zero-order chi connectivity index (χ0) is 10.8. The van der Waals surface area contributed by atoms with Crippen LogP contribution in [0.3, 0.4) is 0 Å². The lowest BCUT2D eigenvalue weighted by Crippen LogP contribution is -2.20. The van der Waals surface area contributed by atoms with Crippen molar-refractivity contribution in [3.05, 3.63) is 36.0 Å². The topological polar surface area (TPSA) is 82.3 Å². The summed E-state index contributed by atoms with van der Waals surface area (Å²) in [6.07, 6.45) is 2.34. The third-order valence-corrected chi connectivity index (χ3v) is 3.18. The van der Waals surface area contributed by atoms with Crippen LogP contribution in [0.15, 0.2) is 30.5 Å². The number of nitrogens with two attached hydrogens (primary N) is 1. The molecule has 2 aromatic rings. The molecule has 0 fully saturated rings. The first-order valence-electron chi connectivity index (χ1n) is 4.66. The monoisotopic (exact) mass is 224 g/mol. The third-order valence-electron chi connectivity index (χ3n) is 2.40. The van der Waals surface area contributed by atoms with Crippen LogP contribution < -0.4 is 5.73 Å². The van der Waals surface area contributed by atoms with E-state index in [0.717, 1.165) is 16.5 Å². The summed E-state index contributed by atoms with van der Waals surface area (Å²) in [4.78, 5) is 21.1. The number of H-pyrrole nitrogens is 1. The summed E-state index contributed by atoms with van der Waals surface area (Å²) >= 11 is 0. The maximum atomic E-state index is 8.98. The van der Waals surface area contributed by atoms with Crippen LogP contribution in [0.4, 0.5) is 0 Å². The molecule has 0 amide bonds. The van der Waals surface area contributed by atoms with Crippen LogP contribution >= 0.6 is 8.38 Å². The molecule has 0 saturated carbocycles. The second kappa shape index (κ2) is 4.29. The lowest BCUT2D eigenvalue weighted by atomic mass is 10.1. The zero-order valence-corrected chi connectivity index (χ0v) is 8.98. The van der Waals surface area contributed by atoms with Gasteiger partial charge in [0.2, 0.25) is 0 Å². The first-order chi connectivity index (χ1) is 7.18. The van der Waals surface area contributed by atoms with E-state index in [-0.39, 0.29) is 0 Å². The van der Waals surface area contributed by atoms with Crippen molar-refractivity contribution in [2.75, 3.05) is 0 Å². The maximum Gasteiger partial charge on any atom is 0.183 e. The molecule has 0 radical (unpaired) electrons. The highest BCUT2D eigenvalue weighted by Crippen LogP contribution is 2.31. The SMILES string of the molecule is NC(Cc1c[nH]c2ccccc12)P(O)O. The van der Waals surface area contributed by atoms with Crippen molar-refractivity contribution in [1.82, 2.24) is 4.98 Å². The molecule has 5 N–H and O–H groups in total. The number of rotatable bonds is 3. The molecule has 1 unspecified atom stereocenters. The van der Waals surface area contributed by atoms with Crippen LogP contribution in [-0.2, 0) is 6.42 Å². The lowest BCUT2D eigenvalue weighted by molar-refractivity contribution is 0.464. The van der Waals surface area contributed by atoms with Crippen LogP contribution in [0.5, 0.6) is 0 Å². The molecule has 1 aromatic carbocycles. The van der Waals surface area contributed by atoms with E-state index in [2.05, 4.69) is 4.98 Å². The molecule has 80 valence electrons. The van der Waals surface area contributed by atoms with Crippen LogP contribution in [0, 0.1) is 0 Å². The molecular formula is C10H13N2O2P. The Labute approximate surface area is 88.7 Å². The average Bonchev–Trinajstić information content (AvgIpc) is 2.62. The van der Waals surface area contributed by atoms with Gasteiger partial charge >= 0.3 is 0 Å². The Kier molecular flexibility index (Phi) is 3.03. The first kappa shape index (κ1) is 10.6. The molecule has 2 rings (SSSR count). The van der Waals surface area contributed by atoms with Gasteiger partial charge in [-0.15, -0.1) is 0 Å². The Hall–Kier alpha value is -0.930. The minimum Gasteiger partial charge on any atom is -0.361 e. The van der Waals surface area contributed by atoms with Crippen molar-refractivity contribution in [1.29, 1.82) is 0 Å². The highest BCUT2D eigenvalue weighted by atomic mass is 31.2. The van der Waals surface area contributed by atoms with Gasteiger partial charge in [-0.25, -0.2) is 0 Å². The van der Waals surface area contributed by atoms with Crippen LogP contribution in [-0.4, -0.2) is 20.6 Å². The summed E-state index contributed by atoms with van der Waals surface area (Å²) in [7, 11) is -2.06. The molecule has 1 atom stereocenters. The summed E-state index contributed by atoms with van der Waals surface area (Å²) in [6, 6.07) is 7.87. The summed E-state index contributed by atoms with van der Waals surface area (Å²) in [5.41, 5.74) is 7.68. The molecule has 4 nitrogen and oxygen atoms in total. The van der Waals surface area contributed by atoms with Crippen molar-refractivity contribution in [2.24, 2.45) is 5.73 Å². The molecular weight excluding hydrogens is 211 g/mol. The minimum absolute atomic E-state index is 0.475. The quantitative estimate of drug-likeness (QED) is 0.593. The number of benzene rings is 1. The van der Waals surface area contributed by atoms with Crippen LogP contribution in [0.1, 0.15) is 5.56 Å². The van der Waals surface area contributed by atoms with E-state index < -0.39 is 14.2 Å². The van der Waals surface area contributed by atoms with Crippen molar-refractivity contribution >= 4 is 19.3 Å². The molecule has 5 heteroatoms. The van der Waals surface area contributed by atoms with Crippen molar-refractivity contribution in [3.8, 4) is 0 Å². The standard InChI is InChI=1S/C10H13N2O2P/c11-10(15(13)14)5-7-6-12-9-4-2-1-3-8(7)9/h1-4,6,10,12-14H,5,11H2. The van der Waals surface area contributed by atoms with Gasteiger partial charge in [0.25, 0.3) is 0 Å². The summed E-state index contributed by atoms with van der Waals surface area (Å²) in [5.74, 6) is -0.584. The molecule has 0 spiro atoms. The highest BCUT2D eigenvalue weighted by molar-refractivity contribution is 7.45. The third kappa shape index (κ3) is 2.19. The fourth-order valence-corrected chi connectivity index (χ4v) is 1.97. The van der Waals surface area contributed by atoms with E-state index in [9.17, 15) is 0 Å². The first-order valence-corrected chi connectivity index (χ1v) is 5.97. The van der Waals surface area contributed by atoms with Gasteiger partial charge in [-0.05, 0) is 18.1 Å². The molecule has 1 heterocycles. The highest BCUT2D eigenvalue weighted by Gasteiger charge is 2.14. The number of fused-ring (bicyclic) bond motifs is 1. The predicted octanol–water partition coefficient (Wildman–Crippen LogP) is 1.29. The largest absolute Gasteiger partial charge is 0.361 e. The van der Waals surface area contributed by atoms with E-state index >= 15 is 0 Å². The van der Waals surface area contributed by atoms with Gasteiger partial charge < -0.3 is 20.5 Å². The minimum atomic E-state index is -2.06. The van der Waals surface area contributed by atoms with Gasteiger partial charge in [0.05, 0.1) is 5.78 Å². The Morgan fingerprint density at radius 2 is 2.07 bits per heavy atom. The van der Waals surface area contributed by atoms with E-state index in [0.29, 0.717) is 6.42 Å². The summed E-state index contributed by atoms with van der Waals surface area (Å²) in [6.45, 7) is 0. The van der Waals surface area contributed by atoms with E-state index in [1.54, 1.807) is 0 Å². The molecule has 0 aliphatic heterocycles. The zero-order valence-electron chi connectivity index (χ0n) is 8.09. The molecule has 1 aromatic heterocycles. The number of aromatic nitrogens is 1. The van der Waals surface area contributed by atoms with Gasteiger partial charge in [0.15, 0.2) is 8.38 Å². The van der Waals surface area contributed by atoms with E-state index in [1.807, 2.05) is 30.5 Å². The predicted molar refractivity (Wildman–Crippen MR) is 61.3 cm³/mol. The Morgan fingerprint density at radius 3 is 2.80 bits per heavy atom. The van der Waals surface area contributed by atoms with Crippen molar-refractivity contribution < 1.29 is 9.79 Å². The number of hydrogen-bond acceptors (Lipinski definition) is 3. The number of nitrogens with one attached hydrogen (secondary N) is 1. The number of aromatic amines is 1. The smallest absolute Gasteiger partial charge is 0.183 e. The Balaban J connectivity index is 2.29. The lowest BCUT2D eigenvalue weighted by Gasteiger charge is -2.11. The summed E-state index contributed by atoms with van der Waals surface area (Å²) < 4.78 is 0. The van der Waals surface area contributed by atoms with Crippen molar-refractivity contribution in [2.45, 2.75) is 12.2 Å². The average molecular weight is 224 g/mol. The summed E-state index contributed by atoms with van der Waals surface area (Å²) in [5, 5.41) is 1.09. The fraction of sp³-hybridized carbons (Fsp3) is 0.200. The molecule has 15 heavy (non-hydrogen) atoms. The Morgan fingerprint density at radius 1 is 1.33 bits per heavy atom. The molecule has 0 bridgehead atoms. The second-order valence-electron chi connectivity index (χ2n) is 3.45. The number of para-hydroxylation sites is 1. The van der Waals surface area contributed by atoms with Gasteiger partial charge in [0, 0.05) is 17.1 Å². The van der Waals surface area contributed by atoms with E-state index in [1.165, 1.54) is 0 Å². The van der Waals surface area contributed by atoms with Crippen LogP contribution in [0.25, 0.3) is 10.9 Å². The fourth-order valence-electron chi connectivity index (χ4n) is 1.61. The number of hydrogen-bond donors (Lipinski definition) is 4. The van der Waals surface area contributed by atoms with Gasteiger partial charge in [-0.2, -0.15) is 0 Å². The maximum absolute atomic E-state index is 8.98. The van der Waals surface area contributed by atoms with Crippen LogP contribution in [0.2, 0.25) is 0 Å². The second-order valence-corrected chi connectivity index (χ2v) is 4.76. The van der Waals surface area contributed by atoms with Gasteiger partial charge in [0.1, 0.15) is 0 Å². The normalized spacial score (nSPS) is 13.6. The molecule has 0 saturated heterocycles. The van der Waals surface area contributed by atoms with Crippen molar-refractivity contribution in [3.63, 3.8) is 0 Å². The van der Waals surface area contributed by atoms with Gasteiger partial charge in [-0.3, -0.25) is 0 Å². The van der Waals surface area contributed by atoms with Gasteiger partial charge in [-0.1, -0.05) is 18.2 Å². The Bertz CT molecular complexity index is 455.